The number of hydrogen-bond donors (Lipinski definition) is 1. The van der Waals surface area contributed by atoms with Crippen LogP contribution in [0.4, 0.5) is 0 Å². The molecule has 1 amide bonds. The first-order valence-corrected chi connectivity index (χ1v) is 8.48. The lowest BCUT2D eigenvalue weighted by Crippen LogP contribution is -2.43. The highest BCUT2D eigenvalue weighted by Gasteiger charge is 2.39. The molecule has 1 aromatic carbocycles. The Morgan fingerprint density at radius 3 is 2.70 bits per heavy atom. The Morgan fingerprint density at radius 2 is 2.09 bits per heavy atom. The molecule has 0 saturated carbocycles. The molecule has 1 heterocycles. The van der Waals surface area contributed by atoms with E-state index in [4.69, 9.17) is 12.2 Å². The highest BCUT2D eigenvalue weighted by molar-refractivity contribution is 8.26. The van der Waals surface area contributed by atoms with E-state index in [0.29, 0.717) is 22.1 Å². The van der Waals surface area contributed by atoms with Crippen LogP contribution in [-0.2, 0) is 9.59 Å². The van der Waals surface area contributed by atoms with Gasteiger partial charge in [0.15, 0.2) is 0 Å². The predicted molar refractivity (Wildman–Crippen MR) is 96.9 cm³/mol. The topological polar surface area (TPSA) is 57.6 Å². The second kappa shape index (κ2) is 8.08. The van der Waals surface area contributed by atoms with Crippen molar-refractivity contribution in [1.29, 1.82) is 0 Å². The van der Waals surface area contributed by atoms with Crippen LogP contribution in [0.2, 0.25) is 0 Å². The Kier molecular flexibility index (Phi) is 6.12. The molecule has 1 N–H and O–H groups in total. The zero-order chi connectivity index (χ0) is 16.8. The van der Waals surface area contributed by atoms with E-state index in [1.165, 1.54) is 4.90 Å². The highest BCUT2D eigenvalue weighted by Crippen LogP contribution is 2.33. The van der Waals surface area contributed by atoms with E-state index >= 15 is 0 Å². The first-order valence-electron chi connectivity index (χ1n) is 7.26. The summed E-state index contributed by atoms with van der Waals surface area (Å²) in [4.78, 5) is 25.5. The van der Waals surface area contributed by atoms with Gasteiger partial charge in [-0.25, -0.2) is 4.79 Å². The monoisotopic (exact) mass is 347 g/mol. The van der Waals surface area contributed by atoms with E-state index in [-0.39, 0.29) is 5.91 Å². The number of thiocarbonyl (C=S) groups is 1. The number of carboxylic acids is 1. The summed E-state index contributed by atoms with van der Waals surface area (Å²) in [5, 5.41) is 9.32. The van der Waals surface area contributed by atoms with Gasteiger partial charge in [-0.2, -0.15) is 0 Å². The summed E-state index contributed by atoms with van der Waals surface area (Å²) in [6, 6.07) is 8.82. The lowest BCUT2D eigenvalue weighted by Gasteiger charge is -2.22. The third-order valence-electron chi connectivity index (χ3n) is 3.32. The highest BCUT2D eigenvalue weighted by atomic mass is 32.2. The van der Waals surface area contributed by atoms with E-state index in [2.05, 4.69) is 0 Å². The summed E-state index contributed by atoms with van der Waals surface area (Å²) < 4.78 is 0.301. The normalized spacial score (nSPS) is 18.1. The number of carbonyl (C=O) groups excluding carboxylic acids is 1. The predicted octanol–water partition coefficient (Wildman–Crippen LogP) is 3.70. The van der Waals surface area contributed by atoms with Crippen LogP contribution in [-0.4, -0.2) is 32.2 Å². The van der Waals surface area contributed by atoms with Crippen LogP contribution in [0.15, 0.2) is 47.4 Å². The molecule has 6 heteroatoms. The molecule has 1 fully saturated rings. The summed E-state index contributed by atoms with van der Waals surface area (Å²) in [5.74, 6) is -1.36. The SMILES string of the molecule is CCC[C@H](C(=O)O)N1C(=O)/C(=C/C=C/c2ccccc2)SC1=S. The number of nitrogens with zero attached hydrogens (tertiary/aromatic N) is 1. The zero-order valence-electron chi connectivity index (χ0n) is 12.6. The first-order chi connectivity index (χ1) is 11.0. The van der Waals surface area contributed by atoms with Gasteiger partial charge < -0.3 is 5.11 Å². The summed E-state index contributed by atoms with van der Waals surface area (Å²) in [5.41, 5.74) is 1.02. The van der Waals surface area contributed by atoms with Crippen molar-refractivity contribution in [1.82, 2.24) is 4.90 Å². The third-order valence-corrected chi connectivity index (χ3v) is 4.67. The second-order valence-electron chi connectivity index (χ2n) is 4.99. The van der Waals surface area contributed by atoms with Crippen molar-refractivity contribution >= 4 is 46.3 Å². The molecule has 0 bridgehead atoms. The van der Waals surface area contributed by atoms with E-state index < -0.39 is 12.0 Å². The van der Waals surface area contributed by atoms with Crippen LogP contribution in [0.3, 0.4) is 0 Å². The number of carbonyl (C=O) groups is 2. The number of aliphatic carboxylic acids is 1. The molecule has 4 nitrogen and oxygen atoms in total. The van der Waals surface area contributed by atoms with E-state index in [1.54, 1.807) is 12.2 Å². The minimum absolute atomic E-state index is 0.301. The van der Waals surface area contributed by atoms with Gasteiger partial charge in [0, 0.05) is 0 Å². The maximum atomic E-state index is 12.4. The molecule has 1 saturated heterocycles. The number of benzene rings is 1. The van der Waals surface area contributed by atoms with Gasteiger partial charge in [-0.3, -0.25) is 9.69 Å². The third kappa shape index (κ3) is 4.30. The Hall–Kier alpha value is -1.92. The molecule has 0 aromatic heterocycles. The maximum Gasteiger partial charge on any atom is 0.326 e. The molecule has 1 aromatic rings. The van der Waals surface area contributed by atoms with Crippen molar-refractivity contribution in [2.45, 2.75) is 25.8 Å². The van der Waals surface area contributed by atoms with Crippen LogP contribution in [0.25, 0.3) is 6.08 Å². The molecule has 1 aliphatic rings. The van der Waals surface area contributed by atoms with Crippen molar-refractivity contribution in [3.05, 3.63) is 53.0 Å². The fourth-order valence-corrected chi connectivity index (χ4v) is 3.52. The Bertz CT molecular complexity index is 668. The molecule has 0 spiro atoms. The van der Waals surface area contributed by atoms with Gasteiger partial charge >= 0.3 is 5.97 Å². The van der Waals surface area contributed by atoms with Gasteiger partial charge in [-0.1, -0.05) is 79.8 Å². The van der Waals surface area contributed by atoms with Gasteiger partial charge in [0.05, 0.1) is 4.91 Å². The van der Waals surface area contributed by atoms with Gasteiger partial charge in [0.2, 0.25) is 0 Å². The molecular weight excluding hydrogens is 330 g/mol. The van der Waals surface area contributed by atoms with Crippen LogP contribution in [0.5, 0.6) is 0 Å². The van der Waals surface area contributed by atoms with Crippen molar-refractivity contribution in [3.63, 3.8) is 0 Å². The average molecular weight is 347 g/mol. The molecule has 23 heavy (non-hydrogen) atoms. The van der Waals surface area contributed by atoms with Gasteiger partial charge in [0.25, 0.3) is 5.91 Å². The molecule has 0 radical (unpaired) electrons. The molecule has 1 atom stereocenters. The summed E-state index contributed by atoms with van der Waals surface area (Å²) in [7, 11) is 0. The van der Waals surface area contributed by atoms with Crippen molar-refractivity contribution in [3.8, 4) is 0 Å². The standard InChI is InChI=1S/C17H17NO3S2/c1-2-7-13(16(20)21)18-15(19)14(23-17(18)22)11-6-10-12-8-4-3-5-9-12/h3-6,8-11,13H,2,7H2,1H3,(H,20,21)/b10-6+,14-11-/t13-/m1/s1. The Labute approximate surface area is 144 Å². The summed E-state index contributed by atoms with van der Waals surface area (Å²) >= 11 is 6.33. The van der Waals surface area contributed by atoms with Crippen LogP contribution in [0, 0.1) is 0 Å². The average Bonchev–Trinajstić information content (AvgIpc) is 2.80. The number of amides is 1. The summed E-state index contributed by atoms with van der Waals surface area (Å²) in [6.45, 7) is 1.88. The lowest BCUT2D eigenvalue weighted by atomic mass is 10.1. The van der Waals surface area contributed by atoms with E-state index in [1.807, 2.05) is 43.3 Å². The molecule has 0 aliphatic carbocycles. The van der Waals surface area contributed by atoms with Crippen molar-refractivity contribution in [2.24, 2.45) is 0 Å². The quantitative estimate of drug-likeness (QED) is 0.628. The summed E-state index contributed by atoms with van der Waals surface area (Å²) in [6.07, 6.45) is 6.39. The van der Waals surface area contributed by atoms with E-state index in [0.717, 1.165) is 17.3 Å². The van der Waals surface area contributed by atoms with Crippen LogP contribution < -0.4 is 0 Å². The number of thioether (sulfide) groups is 1. The molecule has 0 unspecified atom stereocenters. The fourth-order valence-electron chi connectivity index (χ4n) is 2.21. The first kappa shape index (κ1) is 17.4. The largest absolute Gasteiger partial charge is 0.480 e. The van der Waals surface area contributed by atoms with Crippen molar-refractivity contribution in [2.75, 3.05) is 0 Å². The van der Waals surface area contributed by atoms with E-state index in [9.17, 15) is 14.7 Å². The van der Waals surface area contributed by atoms with Gasteiger partial charge in [-0.15, -0.1) is 0 Å². The van der Waals surface area contributed by atoms with Gasteiger partial charge in [-0.05, 0) is 18.1 Å². The zero-order valence-corrected chi connectivity index (χ0v) is 14.3. The maximum absolute atomic E-state index is 12.4. The number of allylic oxidation sites excluding steroid dienone is 2. The van der Waals surface area contributed by atoms with Crippen molar-refractivity contribution < 1.29 is 14.7 Å². The minimum atomic E-state index is -1.02. The van der Waals surface area contributed by atoms with Crippen LogP contribution in [0.1, 0.15) is 25.3 Å². The number of carboxylic acid groups (broad SMARTS) is 1. The Morgan fingerprint density at radius 1 is 1.39 bits per heavy atom. The fraction of sp³-hybridized carbons (Fsp3) is 0.235. The minimum Gasteiger partial charge on any atom is -0.480 e. The Balaban J connectivity index is 2.15. The molecule has 120 valence electrons. The lowest BCUT2D eigenvalue weighted by molar-refractivity contribution is -0.145. The molecular formula is C17H17NO3S2. The molecule has 2 rings (SSSR count). The van der Waals surface area contributed by atoms with Crippen LogP contribution >= 0.6 is 24.0 Å². The molecule has 1 aliphatic heterocycles. The second-order valence-corrected chi connectivity index (χ2v) is 6.66. The number of hydrogen-bond acceptors (Lipinski definition) is 4. The number of rotatable bonds is 6. The van der Waals surface area contributed by atoms with Gasteiger partial charge in [0.1, 0.15) is 10.4 Å². The smallest absolute Gasteiger partial charge is 0.326 e.